The molecular formula is C17H23N5O2. The van der Waals surface area contributed by atoms with Crippen LogP contribution in [-0.2, 0) is 4.79 Å². The third-order valence-electron chi connectivity index (χ3n) is 4.29. The highest BCUT2D eigenvalue weighted by atomic mass is 16.5. The smallest absolute Gasteiger partial charge is 0.247 e. The Labute approximate surface area is 141 Å². The maximum atomic E-state index is 12.6. The van der Waals surface area contributed by atoms with Crippen molar-refractivity contribution in [1.29, 1.82) is 0 Å². The summed E-state index contributed by atoms with van der Waals surface area (Å²) < 4.78 is 7.31. The van der Waals surface area contributed by atoms with Crippen molar-refractivity contribution in [2.75, 3.05) is 37.7 Å². The van der Waals surface area contributed by atoms with Gasteiger partial charge in [-0.2, -0.15) is 5.10 Å². The normalized spacial score (nSPS) is 16.1. The molecule has 1 aromatic heterocycles. The highest BCUT2D eigenvalue weighted by Crippen LogP contribution is 2.29. The van der Waals surface area contributed by atoms with E-state index < -0.39 is 0 Å². The van der Waals surface area contributed by atoms with Crippen LogP contribution in [0.3, 0.4) is 0 Å². The first-order chi connectivity index (χ1) is 11.7. The van der Waals surface area contributed by atoms with E-state index in [0.29, 0.717) is 19.7 Å². The number of para-hydroxylation sites is 2. The summed E-state index contributed by atoms with van der Waals surface area (Å²) in [6.07, 6.45) is 3.03. The van der Waals surface area contributed by atoms with Crippen LogP contribution in [0, 0.1) is 0 Å². The van der Waals surface area contributed by atoms with Crippen molar-refractivity contribution in [3.8, 4) is 5.75 Å². The minimum absolute atomic E-state index is 0.0817. The van der Waals surface area contributed by atoms with Crippen LogP contribution < -0.4 is 9.64 Å². The van der Waals surface area contributed by atoms with E-state index in [9.17, 15) is 4.79 Å². The standard InChI is InChI=1S/C17H23N5O2/c1-3-24-16-7-5-4-6-15(16)20-8-10-21(11-9-20)17(23)14(2)22-13-18-12-19-22/h4-7,12-14H,3,8-11H2,1-2H3. The van der Waals surface area contributed by atoms with Gasteiger partial charge in [0.1, 0.15) is 24.4 Å². The number of anilines is 1. The molecule has 1 saturated heterocycles. The highest BCUT2D eigenvalue weighted by molar-refractivity contribution is 5.80. The zero-order chi connectivity index (χ0) is 16.9. The summed E-state index contributed by atoms with van der Waals surface area (Å²) >= 11 is 0. The fourth-order valence-electron chi connectivity index (χ4n) is 2.96. The molecule has 128 valence electrons. The van der Waals surface area contributed by atoms with Gasteiger partial charge in [-0.1, -0.05) is 12.1 Å². The summed E-state index contributed by atoms with van der Waals surface area (Å²) in [6, 6.07) is 7.73. The minimum Gasteiger partial charge on any atom is -0.492 e. The molecule has 3 rings (SSSR count). The first-order valence-corrected chi connectivity index (χ1v) is 8.30. The van der Waals surface area contributed by atoms with E-state index >= 15 is 0 Å². The summed E-state index contributed by atoms with van der Waals surface area (Å²) in [6.45, 7) is 7.45. The van der Waals surface area contributed by atoms with Crippen molar-refractivity contribution in [3.05, 3.63) is 36.9 Å². The molecule has 1 atom stereocenters. The lowest BCUT2D eigenvalue weighted by Gasteiger charge is -2.37. The van der Waals surface area contributed by atoms with E-state index in [-0.39, 0.29) is 11.9 Å². The molecule has 1 aromatic carbocycles. The lowest BCUT2D eigenvalue weighted by molar-refractivity contribution is -0.134. The molecule has 0 spiro atoms. The number of carbonyl (C=O) groups excluding carboxylic acids is 1. The van der Waals surface area contributed by atoms with Gasteiger partial charge in [0, 0.05) is 26.2 Å². The number of piperazine rings is 1. The van der Waals surface area contributed by atoms with Gasteiger partial charge in [0.15, 0.2) is 0 Å². The molecule has 7 heteroatoms. The maximum Gasteiger partial charge on any atom is 0.247 e. The van der Waals surface area contributed by atoms with Crippen LogP contribution in [0.4, 0.5) is 5.69 Å². The molecule has 0 saturated carbocycles. The Balaban J connectivity index is 1.63. The zero-order valence-electron chi connectivity index (χ0n) is 14.1. The van der Waals surface area contributed by atoms with Crippen LogP contribution >= 0.6 is 0 Å². The molecule has 1 amide bonds. The fraction of sp³-hybridized carbons (Fsp3) is 0.471. The molecule has 2 heterocycles. The molecule has 1 unspecified atom stereocenters. The second kappa shape index (κ2) is 7.33. The number of ether oxygens (including phenoxy) is 1. The second-order valence-electron chi connectivity index (χ2n) is 5.76. The van der Waals surface area contributed by atoms with E-state index in [1.165, 1.54) is 6.33 Å². The van der Waals surface area contributed by atoms with E-state index in [2.05, 4.69) is 21.0 Å². The summed E-state index contributed by atoms with van der Waals surface area (Å²) in [5.74, 6) is 0.981. The third-order valence-corrected chi connectivity index (χ3v) is 4.29. The van der Waals surface area contributed by atoms with Gasteiger partial charge in [0.05, 0.1) is 12.3 Å². The quantitative estimate of drug-likeness (QED) is 0.833. The average molecular weight is 329 g/mol. The lowest BCUT2D eigenvalue weighted by Crippen LogP contribution is -2.50. The van der Waals surface area contributed by atoms with E-state index in [1.807, 2.05) is 36.9 Å². The van der Waals surface area contributed by atoms with Gasteiger partial charge in [-0.15, -0.1) is 0 Å². The van der Waals surface area contributed by atoms with Gasteiger partial charge in [0.25, 0.3) is 0 Å². The van der Waals surface area contributed by atoms with Crippen molar-refractivity contribution in [2.45, 2.75) is 19.9 Å². The third kappa shape index (κ3) is 3.34. The summed E-state index contributed by atoms with van der Waals surface area (Å²) in [5.41, 5.74) is 1.09. The van der Waals surface area contributed by atoms with Crippen LogP contribution in [0.2, 0.25) is 0 Å². The number of amides is 1. The molecule has 0 radical (unpaired) electrons. The number of rotatable bonds is 5. The van der Waals surface area contributed by atoms with Crippen molar-refractivity contribution in [2.24, 2.45) is 0 Å². The van der Waals surface area contributed by atoms with Crippen LogP contribution in [-0.4, -0.2) is 58.4 Å². The Bertz CT molecular complexity index is 665. The van der Waals surface area contributed by atoms with Gasteiger partial charge in [-0.25, -0.2) is 9.67 Å². The van der Waals surface area contributed by atoms with Crippen molar-refractivity contribution in [3.63, 3.8) is 0 Å². The van der Waals surface area contributed by atoms with Crippen LogP contribution in [0.15, 0.2) is 36.9 Å². The first kappa shape index (κ1) is 16.3. The summed E-state index contributed by atoms with van der Waals surface area (Å²) in [4.78, 5) is 20.7. The number of carbonyl (C=O) groups is 1. The molecular weight excluding hydrogens is 306 g/mol. The molecule has 0 bridgehead atoms. The molecule has 0 aliphatic carbocycles. The second-order valence-corrected chi connectivity index (χ2v) is 5.76. The van der Waals surface area contributed by atoms with E-state index in [0.717, 1.165) is 24.5 Å². The molecule has 7 nitrogen and oxygen atoms in total. The van der Waals surface area contributed by atoms with E-state index in [1.54, 1.807) is 11.0 Å². The minimum atomic E-state index is -0.324. The number of benzene rings is 1. The van der Waals surface area contributed by atoms with Crippen molar-refractivity contribution in [1.82, 2.24) is 19.7 Å². The van der Waals surface area contributed by atoms with Crippen LogP contribution in [0.1, 0.15) is 19.9 Å². The van der Waals surface area contributed by atoms with Crippen LogP contribution in [0.25, 0.3) is 0 Å². The van der Waals surface area contributed by atoms with E-state index in [4.69, 9.17) is 4.74 Å². The number of hydrogen-bond donors (Lipinski definition) is 0. The van der Waals surface area contributed by atoms with Gasteiger partial charge in [-0.3, -0.25) is 4.79 Å². The predicted molar refractivity (Wildman–Crippen MR) is 91.1 cm³/mol. The largest absolute Gasteiger partial charge is 0.492 e. The molecule has 24 heavy (non-hydrogen) atoms. The van der Waals surface area contributed by atoms with Crippen molar-refractivity contribution >= 4 is 11.6 Å². The Kier molecular flexibility index (Phi) is 4.98. The SMILES string of the molecule is CCOc1ccccc1N1CCN(C(=O)C(C)n2cncn2)CC1. The first-order valence-electron chi connectivity index (χ1n) is 8.30. The molecule has 0 N–H and O–H groups in total. The molecule has 2 aromatic rings. The Morgan fingerprint density at radius 2 is 2.00 bits per heavy atom. The number of hydrogen-bond acceptors (Lipinski definition) is 5. The Morgan fingerprint density at radius 1 is 1.25 bits per heavy atom. The Hall–Kier alpha value is -2.57. The summed E-state index contributed by atoms with van der Waals surface area (Å²) in [5, 5.41) is 4.06. The Morgan fingerprint density at radius 3 is 2.67 bits per heavy atom. The van der Waals surface area contributed by atoms with Gasteiger partial charge >= 0.3 is 0 Å². The molecule has 1 fully saturated rings. The monoisotopic (exact) mass is 329 g/mol. The van der Waals surface area contributed by atoms with Crippen LogP contribution in [0.5, 0.6) is 5.75 Å². The lowest BCUT2D eigenvalue weighted by atomic mass is 10.2. The predicted octanol–water partition coefficient (Wildman–Crippen LogP) is 1.59. The summed E-state index contributed by atoms with van der Waals surface area (Å²) in [7, 11) is 0. The van der Waals surface area contributed by atoms with Gasteiger partial charge < -0.3 is 14.5 Å². The van der Waals surface area contributed by atoms with Crippen molar-refractivity contribution < 1.29 is 9.53 Å². The number of nitrogens with zero attached hydrogens (tertiary/aromatic N) is 5. The number of aromatic nitrogens is 3. The molecule has 1 aliphatic heterocycles. The van der Waals surface area contributed by atoms with Gasteiger partial charge in [-0.05, 0) is 26.0 Å². The maximum absolute atomic E-state index is 12.6. The zero-order valence-corrected chi connectivity index (χ0v) is 14.1. The average Bonchev–Trinajstić information content (AvgIpc) is 3.16. The fourth-order valence-corrected chi connectivity index (χ4v) is 2.96. The highest BCUT2D eigenvalue weighted by Gasteiger charge is 2.27. The molecule has 1 aliphatic rings. The topological polar surface area (TPSA) is 63.5 Å². The van der Waals surface area contributed by atoms with Gasteiger partial charge in [0.2, 0.25) is 5.91 Å².